The summed E-state index contributed by atoms with van der Waals surface area (Å²) >= 11 is 0. The lowest BCUT2D eigenvalue weighted by atomic mass is 9.78. The van der Waals surface area contributed by atoms with E-state index in [1.54, 1.807) is 6.92 Å². The Kier molecular flexibility index (Phi) is 6.29. The number of nitrogens with two attached hydrogens (primary N) is 1. The second-order valence-electron chi connectivity index (χ2n) is 5.30. The van der Waals surface area contributed by atoms with Gasteiger partial charge in [-0.05, 0) is 19.8 Å². The summed E-state index contributed by atoms with van der Waals surface area (Å²) in [5.41, 5.74) is 5.33. The Balaban J connectivity index is 2.76. The number of oxime groups is 1. The van der Waals surface area contributed by atoms with Crippen LogP contribution in [0.3, 0.4) is 0 Å². The number of carbonyl (C=O) groups excluding carboxylic acids is 1. The van der Waals surface area contributed by atoms with Crippen LogP contribution in [0, 0.1) is 11.8 Å². The molecule has 0 aromatic heterocycles. The molecule has 1 amide bonds. The van der Waals surface area contributed by atoms with Gasteiger partial charge in [-0.15, -0.1) is 0 Å². The van der Waals surface area contributed by atoms with Gasteiger partial charge in [-0.2, -0.15) is 13.2 Å². The average Bonchev–Trinajstić information content (AvgIpc) is 2.46. The molecule has 2 unspecified atom stereocenters. The summed E-state index contributed by atoms with van der Waals surface area (Å²) < 4.78 is 39.1. The first-order valence-electron chi connectivity index (χ1n) is 7.13. The fraction of sp³-hybridized carbons (Fsp3) is 0.846. The molecule has 0 bridgehead atoms. The molecule has 8 heteroatoms. The Labute approximate surface area is 122 Å². The highest BCUT2D eigenvalue weighted by Gasteiger charge is 2.48. The monoisotopic (exact) mass is 309 g/mol. The maximum Gasteiger partial charge on any atom is 0.392 e. The Morgan fingerprint density at radius 2 is 2.00 bits per heavy atom. The highest BCUT2D eigenvalue weighted by molar-refractivity contribution is 5.82. The maximum atomic E-state index is 13.0. The molecule has 122 valence electrons. The van der Waals surface area contributed by atoms with Gasteiger partial charge in [0, 0.05) is 25.4 Å². The molecule has 5 nitrogen and oxygen atoms in total. The topological polar surface area (TPSA) is 78.9 Å². The van der Waals surface area contributed by atoms with Crippen molar-refractivity contribution in [3.8, 4) is 0 Å². The molecular formula is C13H22F3N3O2. The van der Waals surface area contributed by atoms with Crippen molar-refractivity contribution in [2.45, 2.75) is 45.2 Å². The van der Waals surface area contributed by atoms with Crippen LogP contribution in [0.2, 0.25) is 0 Å². The second-order valence-corrected chi connectivity index (χ2v) is 5.30. The lowest BCUT2D eigenvalue weighted by molar-refractivity contribution is -0.200. The van der Waals surface area contributed by atoms with E-state index in [1.807, 2.05) is 0 Å². The lowest BCUT2D eigenvalue weighted by Gasteiger charge is -2.35. The molecule has 1 aliphatic rings. The first kappa shape index (κ1) is 17.6. The van der Waals surface area contributed by atoms with Gasteiger partial charge < -0.3 is 15.8 Å². The fourth-order valence-electron chi connectivity index (χ4n) is 2.78. The van der Waals surface area contributed by atoms with Crippen LogP contribution >= 0.6 is 0 Å². The minimum atomic E-state index is -4.34. The Morgan fingerprint density at radius 1 is 1.38 bits per heavy atom. The SMILES string of the molecule is CCN(CCC(N)=NO)C(=O)C1CCCCC1C(F)(F)F. The van der Waals surface area contributed by atoms with Gasteiger partial charge in [0.15, 0.2) is 0 Å². The summed E-state index contributed by atoms with van der Waals surface area (Å²) in [6, 6.07) is 0. The van der Waals surface area contributed by atoms with Crippen LogP contribution < -0.4 is 5.73 Å². The molecule has 0 radical (unpaired) electrons. The average molecular weight is 309 g/mol. The number of amides is 1. The number of hydrogen-bond acceptors (Lipinski definition) is 3. The number of alkyl halides is 3. The van der Waals surface area contributed by atoms with Crippen molar-refractivity contribution in [2.75, 3.05) is 13.1 Å². The fourth-order valence-corrected chi connectivity index (χ4v) is 2.78. The predicted octanol–water partition coefficient (Wildman–Crippen LogP) is 2.34. The Morgan fingerprint density at radius 3 is 2.52 bits per heavy atom. The van der Waals surface area contributed by atoms with E-state index in [0.717, 1.165) is 0 Å². The van der Waals surface area contributed by atoms with Crippen molar-refractivity contribution in [1.82, 2.24) is 4.90 Å². The first-order chi connectivity index (χ1) is 9.81. The molecule has 0 spiro atoms. The zero-order chi connectivity index (χ0) is 16.0. The number of rotatable bonds is 5. The smallest absolute Gasteiger partial charge is 0.392 e. The summed E-state index contributed by atoms with van der Waals surface area (Å²) in [6.45, 7) is 2.17. The molecule has 0 aliphatic heterocycles. The minimum Gasteiger partial charge on any atom is -0.409 e. The van der Waals surface area contributed by atoms with Gasteiger partial charge in [-0.1, -0.05) is 18.0 Å². The van der Waals surface area contributed by atoms with Crippen molar-refractivity contribution >= 4 is 11.7 Å². The van der Waals surface area contributed by atoms with E-state index in [-0.39, 0.29) is 31.6 Å². The van der Waals surface area contributed by atoms with Crippen LogP contribution in [-0.4, -0.2) is 41.1 Å². The summed E-state index contributed by atoms with van der Waals surface area (Å²) in [6.07, 6.45) is -2.78. The van der Waals surface area contributed by atoms with Crippen LogP contribution in [0.1, 0.15) is 39.0 Å². The summed E-state index contributed by atoms with van der Waals surface area (Å²) in [7, 11) is 0. The molecular weight excluding hydrogens is 287 g/mol. The van der Waals surface area contributed by atoms with Gasteiger partial charge in [0.25, 0.3) is 0 Å². The zero-order valence-electron chi connectivity index (χ0n) is 12.1. The number of nitrogens with zero attached hydrogens (tertiary/aromatic N) is 2. The summed E-state index contributed by atoms with van der Waals surface area (Å²) in [4.78, 5) is 13.7. The van der Waals surface area contributed by atoms with Gasteiger partial charge in [0.1, 0.15) is 5.84 Å². The third kappa shape index (κ3) is 4.78. The lowest BCUT2D eigenvalue weighted by Crippen LogP contribution is -2.45. The standard InChI is InChI=1S/C13H22F3N3O2/c1-2-19(8-7-11(17)18-21)12(20)9-5-3-4-6-10(9)13(14,15)16/h9-10,21H,2-8H2,1H3,(H2,17,18). The molecule has 21 heavy (non-hydrogen) atoms. The molecule has 2 atom stereocenters. The van der Waals surface area contributed by atoms with Gasteiger partial charge >= 0.3 is 6.18 Å². The quantitative estimate of drug-likeness (QED) is 0.354. The molecule has 1 saturated carbocycles. The zero-order valence-corrected chi connectivity index (χ0v) is 12.1. The molecule has 3 N–H and O–H groups in total. The van der Waals surface area contributed by atoms with Crippen LogP contribution in [0.15, 0.2) is 5.16 Å². The van der Waals surface area contributed by atoms with Crippen molar-refractivity contribution in [1.29, 1.82) is 0 Å². The third-order valence-corrected chi connectivity index (χ3v) is 3.96. The number of carbonyl (C=O) groups is 1. The van der Waals surface area contributed by atoms with E-state index in [1.165, 1.54) is 4.90 Å². The molecule has 0 saturated heterocycles. The molecule has 0 aromatic rings. The molecule has 1 aliphatic carbocycles. The van der Waals surface area contributed by atoms with Gasteiger partial charge in [0.2, 0.25) is 5.91 Å². The van der Waals surface area contributed by atoms with Gasteiger partial charge in [0.05, 0.1) is 5.92 Å². The molecule has 1 rings (SSSR count). The number of hydrogen-bond donors (Lipinski definition) is 2. The Hall–Kier alpha value is -1.47. The van der Waals surface area contributed by atoms with E-state index >= 15 is 0 Å². The molecule has 1 fully saturated rings. The third-order valence-electron chi connectivity index (χ3n) is 3.96. The Bertz CT molecular complexity index is 385. The van der Waals surface area contributed by atoms with Crippen molar-refractivity contribution in [3.63, 3.8) is 0 Å². The highest BCUT2D eigenvalue weighted by Crippen LogP contribution is 2.42. The van der Waals surface area contributed by atoms with Crippen molar-refractivity contribution < 1.29 is 23.2 Å². The first-order valence-corrected chi connectivity index (χ1v) is 7.13. The minimum absolute atomic E-state index is 0.0116. The summed E-state index contributed by atoms with van der Waals surface area (Å²) in [5, 5.41) is 11.3. The second kappa shape index (κ2) is 7.51. The highest BCUT2D eigenvalue weighted by atomic mass is 19.4. The van der Waals surface area contributed by atoms with E-state index < -0.39 is 23.9 Å². The predicted molar refractivity (Wildman–Crippen MR) is 71.8 cm³/mol. The number of amidine groups is 1. The normalized spacial score (nSPS) is 23.9. The van der Waals surface area contributed by atoms with Crippen LogP contribution in [0.5, 0.6) is 0 Å². The van der Waals surface area contributed by atoms with Crippen LogP contribution in [-0.2, 0) is 4.79 Å². The summed E-state index contributed by atoms with van der Waals surface area (Å²) in [5.74, 6) is -3.09. The van der Waals surface area contributed by atoms with Gasteiger partial charge in [-0.3, -0.25) is 4.79 Å². The largest absolute Gasteiger partial charge is 0.409 e. The maximum absolute atomic E-state index is 13.0. The molecule has 0 aromatic carbocycles. The van der Waals surface area contributed by atoms with E-state index in [2.05, 4.69) is 5.16 Å². The van der Waals surface area contributed by atoms with Crippen molar-refractivity contribution in [2.24, 2.45) is 22.7 Å². The van der Waals surface area contributed by atoms with E-state index in [9.17, 15) is 18.0 Å². The van der Waals surface area contributed by atoms with Crippen molar-refractivity contribution in [3.05, 3.63) is 0 Å². The molecule has 0 heterocycles. The van der Waals surface area contributed by atoms with Crippen LogP contribution in [0.25, 0.3) is 0 Å². The van der Waals surface area contributed by atoms with E-state index in [0.29, 0.717) is 19.4 Å². The van der Waals surface area contributed by atoms with Gasteiger partial charge in [-0.25, -0.2) is 0 Å². The number of halogens is 3. The van der Waals surface area contributed by atoms with E-state index in [4.69, 9.17) is 10.9 Å². The van der Waals surface area contributed by atoms with Crippen LogP contribution in [0.4, 0.5) is 13.2 Å².